The minimum atomic E-state index is -0.495. The number of carbonyl (C=O) groups excluding carboxylic acids is 1. The van der Waals surface area contributed by atoms with Gasteiger partial charge in [-0.2, -0.15) is 0 Å². The predicted octanol–water partition coefficient (Wildman–Crippen LogP) is 1.10. The van der Waals surface area contributed by atoms with Gasteiger partial charge in [-0.15, -0.1) is 0 Å². The molecule has 0 spiro atoms. The van der Waals surface area contributed by atoms with E-state index in [0.717, 1.165) is 31.6 Å². The van der Waals surface area contributed by atoms with Crippen LogP contribution in [0.5, 0.6) is 0 Å². The van der Waals surface area contributed by atoms with Gasteiger partial charge in [0.05, 0.1) is 36.9 Å². The number of aliphatic hydroxyl groups excluding tert-OH is 1. The Bertz CT molecular complexity index is 853. The van der Waals surface area contributed by atoms with E-state index in [4.69, 9.17) is 4.74 Å². The summed E-state index contributed by atoms with van der Waals surface area (Å²) in [6.45, 7) is 8.15. The molecule has 0 bridgehead atoms. The van der Waals surface area contributed by atoms with Crippen LogP contribution in [0.1, 0.15) is 20.3 Å². The van der Waals surface area contributed by atoms with Crippen molar-refractivity contribution in [3.05, 3.63) is 34.7 Å². The van der Waals surface area contributed by atoms with Crippen molar-refractivity contribution < 1.29 is 14.6 Å². The molecule has 0 saturated carbocycles. The Morgan fingerprint density at radius 2 is 1.89 bits per heavy atom. The van der Waals surface area contributed by atoms with Gasteiger partial charge in [-0.05, 0) is 18.1 Å². The number of aliphatic hydroxyl groups is 1. The molecule has 2 atom stereocenters. The number of benzene rings is 1. The van der Waals surface area contributed by atoms with E-state index in [1.807, 2.05) is 32.0 Å². The molecule has 1 unspecified atom stereocenters. The Kier molecular flexibility index (Phi) is 6.88. The van der Waals surface area contributed by atoms with Gasteiger partial charge in [0, 0.05) is 26.2 Å². The number of aromatic nitrogens is 2. The Hall–Kier alpha value is -2.16. The minimum absolute atomic E-state index is 0.110. The maximum Gasteiger partial charge on any atom is 0.337 e. The zero-order valence-electron chi connectivity index (χ0n) is 16.6. The third kappa shape index (κ3) is 4.29. The molecule has 0 radical (unpaired) electrons. The van der Waals surface area contributed by atoms with Gasteiger partial charge in [0.15, 0.2) is 0 Å². The Labute approximate surface area is 164 Å². The van der Waals surface area contributed by atoms with E-state index in [-0.39, 0.29) is 24.3 Å². The van der Waals surface area contributed by atoms with Gasteiger partial charge >= 0.3 is 11.7 Å². The fourth-order valence-electron chi connectivity index (χ4n) is 3.56. The second kappa shape index (κ2) is 9.36. The molecule has 1 aromatic heterocycles. The average molecular weight is 390 g/mol. The van der Waals surface area contributed by atoms with Gasteiger partial charge in [0.1, 0.15) is 0 Å². The largest absolute Gasteiger partial charge is 0.394 e. The maximum absolute atomic E-state index is 13.1. The van der Waals surface area contributed by atoms with Crippen molar-refractivity contribution in [2.45, 2.75) is 32.9 Å². The van der Waals surface area contributed by atoms with E-state index in [1.54, 1.807) is 10.6 Å². The van der Waals surface area contributed by atoms with Crippen LogP contribution in [0.15, 0.2) is 29.1 Å². The summed E-state index contributed by atoms with van der Waals surface area (Å²) in [5.41, 5.74) is 0.959. The first-order chi connectivity index (χ1) is 13.6. The van der Waals surface area contributed by atoms with E-state index < -0.39 is 6.03 Å². The molecule has 28 heavy (non-hydrogen) atoms. The molecule has 0 aliphatic carbocycles. The number of rotatable bonds is 7. The number of hydrogen-bond acceptors (Lipinski definition) is 5. The number of hydrogen-bond donors (Lipinski definition) is 2. The third-order valence-electron chi connectivity index (χ3n) is 5.62. The van der Waals surface area contributed by atoms with Crippen LogP contribution >= 0.6 is 0 Å². The predicted molar refractivity (Wildman–Crippen MR) is 108 cm³/mol. The molecular formula is C20H30N4O4. The Balaban J connectivity index is 1.87. The molecule has 1 aliphatic heterocycles. The van der Waals surface area contributed by atoms with Crippen molar-refractivity contribution in [2.24, 2.45) is 5.92 Å². The molecular weight excluding hydrogens is 360 g/mol. The summed E-state index contributed by atoms with van der Waals surface area (Å²) in [5.74, 6) is 0.110. The van der Waals surface area contributed by atoms with Gasteiger partial charge in [0.25, 0.3) is 0 Å². The van der Waals surface area contributed by atoms with Crippen molar-refractivity contribution in [3.63, 3.8) is 0 Å². The maximum atomic E-state index is 13.1. The fourth-order valence-corrected chi connectivity index (χ4v) is 3.56. The second-order valence-electron chi connectivity index (χ2n) is 7.34. The van der Waals surface area contributed by atoms with Crippen molar-refractivity contribution >= 4 is 17.1 Å². The number of fused-ring (bicyclic) bond motifs is 1. The monoisotopic (exact) mass is 390 g/mol. The molecule has 1 fully saturated rings. The number of imidazole rings is 1. The summed E-state index contributed by atoms with van der Waals surface area (Å²) in [5, 5.41) is 12.4. The van der Waals surface area contributed by atoms with Crippen LogP contribution in [0.2, 0.25) is 0 Å². The van der Waals surface area contributed by atoms with Crippen LogP contribution in [0.3, 0.4) is 0 Å². The number of nitrogens with zero attached hydrogens (tertiary/aromatic N) is 3. The van der Waals surface area contributed by atoms with E-state index in [9.17, 15) is 14.7 Å². The molecule has 3 rings (SSSR count). The zero-order valence-corrected chi connectivity index (χ0v) is 16.6. The van der Waals surface area contributed by atoms with Gasteiger partial charge < -0.3 is 15.2 Å². The van der Waals surface area contributed by atoms with Crippen LogP contribution in [0, 0.1) is 5.92 Å². The van der Waals surface area contributed by atoms with Crippen molar-refractivity contribution in [2.75, 3.05) is 39.5 Å². The van der Waals surface area contributed by atoms with Crippen molar-refractivity contribution in [1.82, 2.24) is 19.4 Å². The lowest BCUT2D eigenvalue weighted by molar-refractivity contribution is 0.0364. The highest BCUT2D eigenvalue weighted by atomic mass is 16.5. The zero-order chi connectivity index (χ0) is 20.1. The molecule has 1 amide bonds. The number of morpholine rings is 1. The lowest BCUT2D eigenvalue weighted by atomic mass is 10.0. The average Bonchev–Trinajstić information content (AvgIpc) is 3.01. The lowest BCUT2D eigenvalue weighted by Gasteiger charge is -2.26. The fraction of sp³-hybridized carbons (Fsp3) is 0.600. The van der Waals surface area contributed by atoms with Crippen molar-refractivity contribution in [1.29, 1.82) is 0 Å². The summed E-state index contributed by atoms with van der Waals surface area (Å²) in [6.07, 6.45) is 0.821. The number of amides is 1. The second-order valence-corrected chi connectivity index (χ2v) is 7.34. The SMILES string of the molecule is CCC(C)[C@@H](CO)NC(=O)n1c(=O)n(CCN2CCOCC2)c2ccccc21. The smallest absolute Gasteiger partial charge is 0.337 e. The van der Waals surface area contributed by atoms with E-state index in [0.29, 0.717) is 25.3 Å². The van der Waals surface area contributed by atoms with Crippen LogP contribution in [0.25, 0.3) is 11.0 Å². The van der Waals surface area contributed by atoms with Crippen LogP contribution in [-0.2, 0) is 11.3 Å². The molecule has 2 heterocycles. The van der Waals surface area contributed by atoms with E-state index >= 15 is 0 Å². The molecule has 1 saturated heterocycles. The van der Waals surface area contributed by atoms with Gasteiger partial charge in [-0.3, -0.25) is 9.47 Å². The normalized spacial score (nSPS) is 17.5. The number of para-hydroxylation sites is 2. The topological polar surface area (TPSA) is 88.7 Å². The van der Waals surface area contributed by atoms with E-state index in [1.165, 1.54) is 4.57 Å². The Morgan fingerprint density at radius 1 is 1.21 bits per heavy atom. The molecule has 2 aromatic rings. The van der Waals surface area contributed by atoms with Gasteiger partial charge in [-0.1, -0.05) is 32.4 Å². The van der Waals surface area contributed by atoms with Crippen LogP contribution in [0.4, 0.5) is 4.79 Å². The summed E-state index contributed by atoms with van der Waals surface area (Å²) in [6, 6.07) is 6.43. The summed E-state index contributed by atoms with van der Waals surface area (Å²) >= 11 is 0. The van der Waals surface area contributed by atoms with Crippen molar-refractivity contribution in [3.8, 4) is 0 Å². The van der Waals surface area contributed by atoms with Crippen LogP contribution < -0.4 is 11.0 Å². The molecule has 8 nitrogen and oxygen atoms in total. The first kappa shape index (κ1) is 20.6. The standard InChI is InChI=1S/C20H30N4O4/c1-3-15(2)16(14-25)21-19(26)24-18-7-5-4-6-17(18)23(20(24)27)9-8-22-10-12-28-13-11-22/h4-7,15-16,25H,3,8-14H2,1-2H3,(H,21,26)/t15?,16-/m1/s1. The quantitative estimate of drug-likeness (QED) is 0.739. The number of ether oxygens (including phenoxy) is 1. The van der Waals surface area contributed by atoms with Gasteiger partial charge in [-0.25, -0.2) is 14.2 Å². The summed E-state index contributed by atoms with van der Waals surface area (Å²) in [7, 11) is 0. The number of nitrogens with one attached hydrogen (secondary N) is 1. The highest BCUT2D eigenvalue weighted by Crippen LogP contribution is 2.14. The highest BCUT2D eigenvalue weighted by molar-refractivity contribution is 5.89. The first-order valence-corrected chi connectivity index (χ1v) is 9.99. The molecule has 1 aromatic carbocycles. The molecule has 8 heteroatoms. The Morgan fingerprint density at radius 3 is 2.54 bits per heavy atom. The van der Waals surface area contributed by atoms with Crippen LogP contribution in [-0.4, -0.2) is 70.7 Å². The molecule has 1 aliphatic rings. The lowest BCUT2D eigenvalue weighted by Crippen LogP contribution is -2.46. The molecule has 154 valence electrons. The summed E-state index contributed by atoms with van der Waals surface area (Å²) in [4.78, 5) is 28.2. The van der Waals surface area contributed by atoms with Gasteiger partial charge in [0.2, 0.25) is 0 Å². The minimum Gasteiger partial charge on any atom is -0.394 e. The molecule has 2 N–H and O–H groups in total. The third-order valence-corrected chi connectivity index (χ3v) is 5.62. The number of carbonyl (C=O) groups is 1. The first-order valence-electron chi connectivity index (χ1n) is 9.99. The highest BCUT2D eigenvalue weighted by Gasteiger charge is 2.23. The van der Waals surface area contributed by atoms with E-state index in [2.05, 4.69) is 10.2 Å². The summed E-state index contributed by atoms with van der Waals surface area (Å²) < 4.78 is 8.20.